The van der Waals surface area contributed by atoms with Crippen molar-refractivity contribution in [1.82, 2.24) is 0 Å². The van der Waals surface area contributed by atoms with Crippen LogP contribution in [0, 0.1) is 0 Å². The van der Waals surface area contributed by atoms with Crippen LogP contribution < -0.4 is 0 Å². The molecule has 0 aromatic rings. The van der Waals surface area contributed by atoms with Crippen molar-refractivity contribution in [2.75, 3.05) is 0 Å². The normalized spacial score (nSPS) is 12.0. The van der Waals surface area contributed by atoms with E-state index in [1.165, 1.54) is 44.9 Å². The molecule has 0 aromatic heterocycles. The molecule has 0 aromatic carbocycles. The molecular weight excluding hydrogens is 272 g/mol. The van der Waals surface area contributed by atoms with Crippen LogP contribution in [0.15, 0.2) is 36.5 Å². The predicted molar refractivity (Wildman–Crippen MR) is 96.1 cm³/mol. The van der Waals surface area contributed by atoms with Gasteiger partial charge in [-0.3, -0.25) is 4.79 Å². The van der Waals surface area contributed by atoms with E-state index in [9.17, 15) is 4.79 Å². The fraction of sp³-hybridized carbons (Fsp3) is 0.650. The summed E-state index contributed by atoms with van der Waals surface area (Å²) in [5.41, 5.74) is 0. The lowest BCUT2D eigenvalue weighted by atomic mass is 10.1. The van der Waals surface area contributed by atoms with E-state index in [0.29, 0.717) is 6.42 Å². The lowest BCUT2D eigenvalue weighted by Gasteiger charge is -1.99. The van der Waals surface area contributed by atoms with Crippen LogP contribution in [0.25, 0.3) is 0 Å². The summed E-state index contributed by atoms with van der Waals surface area (Å²) >= 11 is 0. The van der Waals surface area contributed by atoms with E-state index in [2.05, 4.69) is 43.4 Å². The number of rotatable bonds is 15. The summed E-state index contributed by atoms with van der Waals surface area (Å²) in [6, 6.07) is 0. The van der Waals surface area contributed by atoms with Gasteiger partial charge in [-0.1, -0.05) is 75.5 Å². The van der Waals surface area contributed by atoms with Gasteiger partial charge >= 0.3 is 5.97 Å². The van der Waals surface area contributed by atoms with E-state index in [0.717, 1.165) is 25.7 Å². The molecule has 0 bridgehead atoms. The molecule has 2 heteroatoms. The zero-order valence-corrected chi connectivity index (χ0v) is 14.3. The number of carboxylic acids is 1. The van der Waals surface area contributed by atoms with Crippen molar-refractivity contribution < 1.29 is 9.90 Å². The van der Waals surface area contributed by atoms with Gasteiger partial charge < -0.3 is 5.11 Å². The molecule has 126 valence electrons. The average molecular weight is 306 g/mol. The summed E-state index contributed by atoms with van der Waals surface area (Å²) in [6.07, 6.45) is 26.3. The molecule has 0 spiro atoms. The van der Waals surface area contributed by atoms with Crippen molar-refractivity contribution in [3.05, 3.63) is 36.5 Å². The predicted octanol–water partition coefficient (Wildman–Crippen LogP) is 6.44. The third-order valence-electron chi connectivity index (χ3n) is 3.51. The Hall–Kier alpha value is -1.31. The Labute approximate surface area is 137 Å². The largest absolute Gasteiger partial charge is 0.481 e. The van der Waals surface area contributed by atoms with Crippen molar-refractivity contribution in [3.63, 3.8) is 0 Å². The van der Waals surface area contributed by atoms with Crippen LogP contribution in [0.1, 0.15) is 84.0 Å². The number of hydrogen-bond acceptors (Lipinski definition) is 1. The maximum atomic E-state index is 10.3. The van der Waals surface area contributed by atoms with Crippen LogP contribution >= 0.6 is 0 Å². The van der Waals surface area contributed by atoms with Gasteiger partial charge in [-0.25, -0.2) is 0 Å². The second kappa shape index (κ2) is 17.7. The molecule has 0 amide bonds. The van der Waals surface area contributed by atoms with Gasteiger partial charge in [-0.05, 0) is 38.5 Å². The Morgan fingerprint density at radius 2 is 1.23 bits per heavy atom. The molecule has 0 atom stereocenters. The highest BCUT2D eigenvalue weighted by Gasteiger charge is 1.95. The first-order valence-corrected chi connectivity index (χ1v) is 8.94. The Bertz CT molecular complexity index is 327. The van der Waals surface area contributed by atoms with E-state index in [1.54, 1.807) is 0 Å². The maximum absolute atomic E-state index is 10.3. The molecule has 2 nitrogen and oxygen atoms in total. The number of allylic oxidation sites excluding steroid dienone is 6. The third kappa shape index (κ3) is 18.7. The smallest absolute Gasteiger partial charge is 0.303 e. The second-order valence-electron chi connectivity index (χ2n) is 5.73. The Morgan fingerprint density at radius 3 is 1.82 bits per heavy atom. The van der Waals surface area contributed by atoms with Gasteiger partial charge in [-0.15, -0.1) is 0 Å². The van der Waals surface area contributed by atoms with E-state index in [4.69, 9.17) is 5.11 Å². The third-order valence-corrected chi connectivity index (χ3v) is 3.51. The second-order valence-corrected chi connectivity index (χ2v) is 5.73. The standard InChI is InChI=1S/C20H34O2/c1-2-3-4-5-6-7-8-9-10-11-12-13-14-15-16-17-18-19-20(21)22/h4-5,7-8,10-11H,2-3,6,9,12-19H2,1H3,(H,21,22). The number of hydrogen-bond donors (Lipinski definition) is 1. The van der Waals surface area contributed by atoms with Crippen LogP contribution in [-0.2, 0) is 4.79 Å². The van der Waals surface area contributed by atoms with Gasteiger partial charge in [0, 0.05) is 6.42 Å². The fourth-order valence-corrected chi connectivity index (χ4v) is 2.19. The molecule has 0 radical (unpaired) electrons. The van der Waals surface area contributed by atoms with Gasteiger partial charge in [0.25, 0.3) is 0 Å². The molecule has 0 heterocycles. The first kappa shape index (κ1) is 20.7. The van der Waals surface area contributed by atoms with Crippen molar-refractivity contribution in [2.24, 2.45) is 0 Å². The zero-order valence-electron chi connectivity index (χ0n) is 14.3. The lowest BCUT2D eigenvalue weighted by Crippen LogP contribution is -1.93. The fourth-order valence-electron chi connectivity index (χ4n) is 2.19. The maximum Gasteiger partial charge on any atom is 0.303 e. The van der Waals surface area contributed by atoms with Gasteiger partial charge in [0.05, 0.1) is 0 Å². The molecule has 0 unspecified atom stereocenters. The molecular formula is C20H34O2. The minimum absolute atomic E-state index is 0.324. The summed E-state index contributed by atoms with van der Waals surface area (Å²) in [6.45, 7) is 2.20. The molecule has 0 rings (SSSR count). The average Bonchev–Trinajstić information content (AvgIpc) is 2.50. The van der Waals surface area contributed by atoms with E-state index in [-0.39, 0.29) is 0 Å². The molecule has 0 aliphatic heterocycles. The molecule has 1 N–H and O–H groups in total. The molecule has 0 aliphatic rings. The summed E-state index contributed by atoms with van der Waals surface area (Å²) in [4.78, 5) is 10.3. The van der Waals surface area contributed by atoms with Gasteiger partial charge in [0.2, 0.25) is 0 Å². The zero-order chi connectivity index (χ0) is 16.3. The topological polar surface area (TPSA) is 37.3 Å². The Kier molecular flexibility index (Phi) is 16.7. The molecule has 22 heavy (non-hydrogen) atoms. The van der Waals surface area contributed by atoms with Crippen LogP contribution in [0.2, 0.25) is 0 Å². The number of aliphatic carboxylic acids is 1. The van der Waals surface area contributed by atoms with Crippen molar-refractivity contribution in [1.29, 1.82) is 0 Å². The molecule has 0 fully saturated rings. The van der Waals surface area contributed by atoms with E-state index >= 15 is 0 Å². The molecule has 0 saturated heterocycles. The molecule has 0 saturated carbocycles. The highest BCUT2D eigenvalue weighted by molar-refractivity contribution is 5.66. The number of unbranched alkanes of at least 4 members (excludes halogenated alkanes) is 7. The summed E-state index contributed by atoms with van der Waals surface area (Å²) < 4.78 is 0. The quantitative estimate of drug-likeness (QED) is 0.279. The number of carboxylic acid groups (broad SMARTS) is 1. The first-order chi connectivity index (χ1) is 10.8. The SMILES string of the molecule is CCCC=CCC=CCC=CCCCCCCCCC(=O)O. The Balaban J connectivity index is 3.23. The minimum Gasteiger partial charge on any atom is -0.481 e. The van der Waals surface area contributed by atoms with E-state index < -0.39 is 5.97 Å². The van der Waals surface area contributed by atoms with Gasteiger partial charge in [0.1, 0.15) is 0 Å². The van der Waals surface area contributed by atoms with Crippen molar-refractivity contribution in [3.8, 4) is 0 Å². The highest BCUT2D eigenvalue weighted by atomic mass is 16.4. The van der Waals surface area contributed by atoms with Gasteiger partial charge in [-0.2, -0.15) is 0 Å². The van der Waals surface area contributed by atoms with Gasteiger partial charge in [0.15, 0.2) is 0 Å². The van der Waals surface area contributed by atoms with Crippen LogP contribution in [0.5, 0.6) is 0 Å². The highest BCUT2D eigenvalue weighted by Crippen LogP contribution is 2.09. The lowest BCUT2D eigenvalue weighted by molar-refractivity contribution is -0.137. The first-order valence-electron chi connectivity index (χ1n) is 8.94. The number of carbonyl (C=O) groups is 1. The van der Waals surface area contributed by atoms with Crippen LogP contribution in [-0.4, -0.2) is 11.1 Å². The Morgan fingerprint density at radius 1 is 0.727 bits per heavy atom. The summed E-state index contributed by atoms with van der Waals surface area (Å²) in [7, 11) is 0. The summed E-state index contributed by atoms with van der Waals surface area (Å²) in [5.74, 6) is -0.670. The van der Waals surface area contributed by atoms with Crippen LogP contribution in [0.3, 0.4) is 0 Å². The summed E-state index contributed by atoms with van der Waals surface area (Å²) in [5, 5.41) is 8.52. The monoisotopic (exact) mass is 306 g/mol. The molecule has 0 aliphatic carbocycles. The van der Waals surface area contributed by atoms with Crippen LogP contribution in [0.4, 0.5) is 0 Å². The van der Waals surface area contributed by atoms with Crippen molar-refractivity contribution in [2.45, 2.75) is 84.0 Å². The minimum atomic E-state index is -0.670. The van der Waals surface area contributed by atoms with Crippen molar-refractivity contribution >= 4 is 5.97 Å². The van der Waals surface area contributed by atoms with E-state index in [1.807, 2.05) is 0 Å².